The number of likely N-dealkylation sites (tertiary alicyclic amines) is 1. The highest BCUT2D eigenvalue weighted by Crippen LogP contribution is 2.41. The van der Waals surface area contributed by atoms with Crippen molar-refractivity contribution in [1.29, 1.82) is 0 Å². The van der Waals surface area contributed by atoms with Crippen LogP contribution in [-0.4, -0.2) is 71.2 Å². The lowest BCUT2D eigenvalue weighted by Crippen LogP contribution is -2.61. The van der Waals surface area contributed by atoms with Gasteiger partial charge in [-0.05, 0) is 69.5 Å². The summed E-state index contributed by atoms with van der Waals surface area (Å²) in [5.41, 5.74) is 0.192. The summed E-state index contributed by atoms with van der Waals surface area (Å²) < 4.78 is 6.18. The van der Waals surface area contributed by atoms with Crippen LogP contribution in [0.2, 0.25) is 5.02 Å². The van der Waals surface area contributed by atoms with Gasteiger partial charge in [-0.3, -0.25) is 9.78 Å². The van der Waals surface area contributed by atoms with Crippen LogP contribution in [0.5, 0.6) is 0 Å². The number of nitrogens with one attached hydrogen (secondary N) is 1. The van der Waals surface area contributed by atoms with Gasteiger partial charge in [0.2, 0.25) is 0 Å². The van der Waals surface area contributed by atoms with Gasteiger partial charge in [0.1, 0.15) is 5.60 Å². The Balaban J connectivity index is 1.29. The quantitative estimate of drug-likeness (QED) is 0.675. The molecule has 186 valence electrons. The maximum atomic E-state index is 13.4. The lowest BCUT2D eigenvalue weighted by atomic mass is 9.76. The monoisotopic (exact) mass is 488 g/mol. The average molecular weight is 489 g/mol. The van der Waals surface area contributed by atoms with E-state index in [1.807, 2.05) is 4.90 Å². The first-order chi connectivity index (χ1) is 16.5. The maximum Gasteiger partial charge on any atom is 0.410 e. The summed E-state index contributed by atoms with van der Waals surface area (Å²) >= 11 is 6.23. The zero-order valence-corrected chi connectivity index (χ0v) is 20.8. The van der Waals surface area contributed by atoms with Crippen molar-refractivity contribution in [3.8, 4) is 0 Å². The Morgan fingerprint density at radius 3 is 2.59 bits per heavy atom. The van der Waals surface area contributed by atoms with E-state index in [0.717, 1.165) is 51.7 Å². The SMILES string of the molecule is O=C(c1ccncc1Cl)N1CCC(C2CC3(CCNCC3)OC(=O)N2CC2CCCCC2)CC1. The van der Waals surface area contributed by atoms with Gasteiger partial charge in [0.25, 0.3) is 5.91 Å². The number of rotatable bonds is 4. The number of hydrogen-bond donors (Lipinski definition) is 1. The van der Waals surface area contributed by atoms with Crippen LogP contribution in [0.4, 0.5) is 4.79 Å². The van der Waals surface area contributed by atoms with Crippen molar-refractivity contribution in [3.05, 3.63) is 29.0 Å². The molecule has 8 heteroatoms. The first kappa shape index (κ1) is 23.9. The Morgan fingerprint density at radius 2 is 1.88 bits per heavy atom. The molecule has 4 heterocycles. The summed E-state index contributed by atoms with van der Waals surface area (Å²) in [5.74, 6) is 0.948. The van der Waals surface area contributed by atoms with Crippen molar-refractivity contribution in [2.45, 2.75) is 75.9 Å². The van der Waals surface area contributed by atoms with Gasteiger partial charge in [-0.25, -0.2) is 4.79 Å². The van der Waals surface area contributed by atoms with Crippen molar-refractivity contribution < 1.29 is 14.3 Å². The van der Waals surface area contributed by atoms with Crippen molar-refractivity contribution in [2.75, 3.05) is 32.7 Å². The lowest BCUT2D eigenvalue weighted by Gasteiger charge is -2.51. The molecule has 1 spiro atoms. The Kier molecular flexibility index (Phi) is 7.30. The van der Waals surface area contributed by atoms with Crippen molar-refractivity contribution in [3.63, 3.8) is 0 Å². The summed E-state index contributed by atoms with van der Waals surface area (Å²) in [6.45, 7) is 4.02. The summed E-state index contributed by atoms with van der Waals surface area (Å²) in [5, 5.41) is 3.82. The number of aromatic nitrogens is 1. The predicted octanol–water partition coefficient (Wildman–Crippen LogP) is 4.50. The summed E-state index contributed by atoms with van der Waals surface area (Å²) in [6.07, 6.45) is 13.8. The Labute approximate surface area is 207 Å². The van der Waals surface area contributed by atoms with E-state index in [2.05, 4.69) is 15.2 Å². The molecule has 1 aliphatic carbocycles. The van der Waals surface area contributed by atoms with E-state index in [1.165, 1.54) is 38.3 Å². The topological polar surface area (TPSA) is 74.8 Å². The fraction of sp³-hybridized carbons (Fsp3) is 0.731. The van der Waals surface area contributed by atoms with Crippen LogP contribution in [0.3, 0.4) is 0 Å². The third-order valence-electron chi connectivity index (χ3n) is 8.59. The fourth-order valence-corrected chi connectivity index (χ4v) is 6.79. The molecule has 1 aromatic heterocycles. The van der Waals surface area contributed by atoms with Gasteiger partial charge in [0.15, 0.2) is 0 Å². The van der Waals surface area contributed by atoms with Crippen LogP contribution in [0, 0.1) is 11.8 Å². The minimum absolute atomic E-state index is 0.0252. The molecular formula is C26H37ClN4O3. The number of halogens is 1. The standard InChI is InChI=1S/C26H37ClN4O3/c27-22-17-29-11-6-21(22)24(32)30-14-7-20(8-15-30)23-16-26(9-12-28-13-10-26)34-25(33)31(23)18-19-4-2-1-3-5-19/h6,11,17,19-20,23,28H,1-5,7-10,12-16,18H2. The first-order valence-electron chi connectivity index (χ1n) is 13.1. The number of carbonyl (C=O) groups is 2. The molecule has 1 saturated carbocycles. The third-order valence-corrected chi connectivity index (χ3v) is 8.89. The van der Waals surface area contributed by atoms with Gasteiger partial charge in [-0.2, -0.15) is 0 Å². The molecule has 3 aliphatic heterocycles. The molecular weight excluding hydrogens is 452 g/mol. The largest absolute Gasteiger partial charge is 0.443 e. The molecule has 2 amide bonds. The molecule has 1 atom stereocenters. The number of pyridine rings is 1. The van der Waals surface area contributed by atoms with Gasteiger partial charge < -0.3 is 19.9 Å². The van der Waals surface area contributed by atoms with Crippen LogP contribution >= 0.6 is 11.6 Å². The first-order valence-corrected chi connectivity index (χ1v) is 13.5. The third kappa shape index (κ3) is 5.06. The van der Waals surface area contributed by atoms with Gasteiger partial charge >= 0.3 is 6.09 Å². The smallest absolute Gasteiger partial charge is 0.410 e. The summed E-state index contributed by atoms with van der Waals surface area (Å²) in [7, 11) is 0. The second-order valence-corrected chi connectivity index (χ2v) is 11.1. The number of amides is 2. The molecule has 0 radical (unpaired) electrons. The molecule has 4 fully saturated rings. The fourth-order valence-electron chi connectivity index (χ4n) is 6.59. The van der Waals surface area contributed by atoms with Gasteiger partial charge in [0.05, 0.1) is 10.6 Å². The van der Waals surface area contributed by atoms with E-state index in [4.69, 9.17) is 16.3 Å². The molecule has 1 aromatic rings. The summed E-state index contributed by atoms with van der Waals surface area (Å²) in [4.78, 5) is 34.4. The zero-order chi connectivity index (χ0) is 23.5. The molecule has 7 nitrogen and oxygen atoms in total. The van der Waals surface area contributed by atoms with E-state index in [9.17, 15) is 9.59 Å². The predicted molar refractivity (Wildman–Crippen MR) is 131 cm³/mol. The molecule has 4 aliphatic rings. The van der Waals surface area contributed by atoms with Crippen molar-refractivity contribution >= 4 is 23.6 Å². The molecule has 1 unspecified atom stereocenters. The second kappa shape index (κ2) is 10.4. The highest BCUT2D eigenvalue weighted by molar-refractivity contribution is 6.33. The normalized spacial score (nSPS) is 26.5. The van der Waals surface area contributed by atoms with Crippen molar-refractivity contribution in [2.24, 2.45) is 11.8 Å². The van der Waals surface area contributed by atoms with Gasteiger partial charge in [-0.1, -0.05) is 30.9 Å². The highest BCUT2D eigenvalue weighted by Gasteiger charge is 2.49. The number of ether oxygens (including phenoxy) is 1. The van der Waals surface area contributed by atoms with E-state index >= 15 is 0 Å². The Hall–Kier alpha value is -1.86. The van der Waals surface area contributed by atoms with Crippen LogP contribution in [-0.2, 0) is 4.74 Å². The number of carbonyl (C=O) groups excluding carboxylic acids is 2. The highest BCUT2D eigenvalue weighted by atomic mass is 35.5. The molecule has 0 bridgehead atoms. The molecule has 3 saturated heterocycles. The molecule has 0 aromatic carbocycles. The second-order valence-electron chi connectivity index (χ2n) is 10.7. The maximum absolute atomic E-state index is 13.4. The van der Waals surface area contributed by atoms with E-state index in [1.54, 1.807) is 12.3 Å². The lowest BCUT2D eigenvalue weighted by molar-refractivity contribution is -0.101. The minimum atomic E-state index is -0.326. The number of hydrogen-bond acceptors (Lipinski definition) is 5. The zero-order valence-electron chi connectivity index (χ0n) is 20.0. The molecule has 34 heavy (non-hydrogen) atoms. The van der Waals surface area contributed by atoms with E-state index < -0.39 is 0 Å². The molecule has 1 N–H and O–H groups in total. The van der Waals surface area contributed by atoms with Crippen LogP contribution in [0.15, 0.2) is 18.5 Å². The van der Waals surface area contributed by atoms with Crippen LogP contribution in [0.1, 0.15) is 74.6 Å². The van der Waals surface area contributed by atoms with Crippen molar-refractivity contribution in [1.82, 2.24) is 20.1 Å². The summed E-state index contributed by atoms with van der Waals surface area (Å²) in [6, 6.07) is 1.89. The van der Waals surface area contributed by atoms with Crippen LogP contribution in [0.25, 0.3) is 0 Å². The van der Waals surface area contributed by atoms with E-state index in [-0.39, 0.29) is 23.6 Å². The minimum Gasteiger partial charge on any atom is -0.443 e. The van der Waals surface area contributed by atoms with E-state index in [0.29, 0.717) is 35.5 Å². The number of nitrogens with zero attached hydrogens (tertiary/aromatic N) is 3. The van der Waals surface area contributed by atoms with Gasteiger partial charge in [0, 0.05) is 44.5 Å². The Bertz CT molecular complexity index is 877. The molecule has 5 rings (SSSR count). The average Bonchev–Trinajstić information content (AvgIpc) is 2.87. The van der Waals surface area contributed by atoms with Gasteiger partial charge in [-0.15, -0.1) is 0 Å². The Morgan fingerprint density at radius 1 is 1.15 bits per heavy atom. The van der Waals surface area contributed by atoms with Crippen LogP contribution < -0.4 is 5.32 Å². The number of piperidine rings is 2.